The Morgan fingerprint density at radius 3 is 1.88 bits per heavy atom. The number of carbonyl (C=O) groups excluding carboxylic acids is 1. The molecule has 0 heterocycles. The number of nitrogens with one attached hydrogen (secondary N) is 1. The minimum absolute atomic E-state index is 0. The molecule has 140 valence electrons. The summed E-state index contributed by atoms with van der Waals surface area (Å²) in [6.07, 6.45) is 4.77. The molecular formula is C22H29ClN2O. The van der Waals surface area contributed by atoms with E-state index in [4.69, 9.17) is 5.73 Å². The molecule has 1 atom stereocenters. The fourth-order valence-corrected chi connectivity index (χ4v) is 3.51. The molecule has 1 aliphatic carbocycles. The molecule has 1 saturated carbocycles. The molecule has 0 radical (unpaired) electrons. The van der Waals surface area contributed by atoms with E-state index < -0.39 is 0 Å². The Bertz CT molecular complexity index is 617. The van der Waals surface area contributed by atoms with Crippen molar-refractivity contribution in [2.75, 3.05) is 6.54 Å². The minimum atomic E-state index is 0. The Labute approximate surface area is 162 Å². The average Bonchev–Trinajstić information content (AvgIpc) is 3.46. The Balaban J connectivity index is 0.00000243. The van der Waals surface area contributed by atoms with Gasteiger partial charge in [0, 0.05) is 19.0 Å². The number of hydrogen-bond acceptors (Lipinski definition) is 2. The first-order chi connectivity index (χ1) is 12.2. The maximum atomic E-state index is 12.6. The second kappa shape index (κ2) is 10.3. The van der Waals surface area contributed by atoms with Gasteiger partial charge in [-0.2, -0.15) is 0 Å². The molecule has 0 saturated heterocycles. The first kappa shape index (κ1) is 20.5. The highest BCUT2D eigenvalue weighted by Gasteiger charge is 2.31. The Morgan fingerprint density at radius 1 is 0.962 bits per heavy atom. The van der Waals surface area contributed by atoms with Crippen molar-refractivity contribution in [2.24, 2.45) is 17.6 Å². The molecule has 26 heavy (non-hydrogen) atoms. The number of rotatable bonds is 9. The third-order valence-electron chi connectivity index (χ3n) is 5.00. The summed E-state index contributed by atoms with van der Waals surface area (Å²) in [4.78, 5) is 12.6. The molecule has 1 fully saturated rings. The summed E-state index contributed by atoms with van der Waals surface area (Å²) >= 11 is 0. The Morgan fingerprint density at radius 2 is 1.46 bits per heavy atom. The van der Waals surface area contributed by atoms with Gasteiger partial charge >= 0.3 is 0 Å². The standard InChI is InChI=1S/C22H28N2O.ClH/c23-16-21(20-11-12-20)24-22(25)15-19(13-17-7-3-1-4-8-17)14-18-9-5-2-6-10-18;/h1-10,19-21H,11-16,23H2,(H,24,25);1H. The van der Waals surface area contributed by atoms with Crippen LogP contribution in [0.3, 0.4) is 0 Å². The van der Waals surface area contributed by atoms with Gasteiger partial charge in [0.2, 0.25) is 5.91 Å². The highest BCUT2D eigenvalue weighted by atomic mass is 35.5. The van der Waals surface area contributed by atoms with Crippen LogP contribution in [0.5, 0.6) is 0 Å². The van der Waals surface area contributed by atoms with Gasteiger partial charge in [-0.15, -0.1) is 12.4 Å². The monoisotopic (exact) mass is 372 g/mol. The van der Waals surface area contributed by atoms with E-state index in [-0.39, 0.29) is 24.4 Å². The van der Waals surface area contributed by atoms with Gasteiger partial charge < -0.3 is 11.1 Å². The number of carbonyl (C=O) groups is 1. The van der Waals surface area contributed by atoms with Gasteiger partial charge in [-0.25, -0.2) is 0 Å². The van der Waals surface area contributed by atoms with Crippen LogP contribution in [0.25, 0.3) is 0 Å². The van der Waals surface area contributed by atoms with E-state index in [2.05, 4.69) is 53.8 Å². The average molecular weight is 373 g/mol. The lowest BCUT2D eigenvalue weighted by Gasteiger charge is -2.20. The summed E-state index contributed by atoms with van der Waals surface area (Å²) < 4.78 is 0. The van der Waals surface area contributed by atoms with Crippen LogP contribution in [-0.2, 0) is 17.6 Å². The highest BCUT2D eigenvalue weighted by Crippen LogP contribution is 2.32. The molecule has 3 N–H and O–H groups in total. The van der Waals surface area contributed by atoms with Crippen LogP contribution in [0.1, 0.15) is 30.4 Å². The van der Waals surface area contributed by atoms with Crippen molar-refractivity contribution >= 4 is 18.3 Å². The molecule has 2 aromatic rings. The molecule has 0 aliphatic heterocycles. The lowest BCUT2D eigenvalue weighted by molar-refractivity contribution is -0.122. The van der Waals surface area contributed by atoms with E-state index in [0.29, 0.717) is 24.8 Å². The molecule has 2 aromatic carbocycles. The molecule has 3 rings (SSSR count). The second-order valence-corrected chi connectivity index (χ2v) is 7.20. The zero-order valence-electron chi connectivity index (χ0n) is 15.1. The lowest BCUT2D eigenvalue weighted by Crippen LogP contribution is -2.42. The number of nitrogens with two attached hydrogens (primary N) is 1. The van der Waals surface area contributed by atoms with E-state index in [1.165, 1.54) is 24.0 Å². The van der Waals surface area contributed by atoms with Gasteiger partial charge in [0.25, 0.3) is 0 Å². The van der Waals surface area contributed by atoms with Gasteiger partial charge in [-0.05, 0) is 48.6 Å². The van der Waals surface area contributed by atoms with E-state index in [0.717, 1.165) is 12.8 Å². The maximum absolute atomic E-state index is 12.6. The molecule has 0 aromatic heterocycles. The third-order valence-corrected chi connectivity index (χ3v) is 5.00. The number of benzene rings is 2. The molecule has 0 spiro atoms. The van der Waals surface area contributed by atoms with E-state index in [9.17, 15) is 4.79 Å². The summed E-state index contributed by atoms with van der Waals surface area (Å²) in [5, 5.41) is 3.17. The summed E-state index contributed by atoms with van der Waals surface area (Å²) in [6, 6.07) is 21.0. The molecular weight excluding hydrogens is 344 g/mol. The van der Waals surface area contributed by atoms with Crippen molar-refractivity contribution in [1.29, 1.82) is 0 Å². The summed E-state index contributed by atoms with van der Waals surface area (Å²) in [6.45, 7) is 0.540. The van der Waals surface area contributed by atoms with Gasteiger partial charge in [-0.1, -0.05) is 60.7 Å². The van der Waals surface area contributed by atoms with Crippen molar-refractivity contribution in [3.05, 3.63) is 71.8 Å². The van der Waals surface area contributed by atoms with Gasteiger partial charge in [0.1, 0.15) is 0 Å². The third kappa shape index (κ3) is 6.47. The van der Waals surface area contributed by atoms with Crippen molar-refractivity contribution in [1.82, 2.24) is 5.32 Å². The number of halogens is 1. The molecule has 1 unspecified atom stereocenters. The van der Waals surface area contributed by atoms with Crippen LogP contribution in [-0.4, -0.2) is 18.5 Å². The predicted molar refractivity (Wildman–Crippen MR) is 109 cm³/mol. The largest absolute Gasteiger partial charge is 0.352 e. The van der Waals surface area contributed by atoms with Crippen LogP contribution >= 0.6 is 12.4 Å². The van der Waals surface area contributed by atoms with Crippen molar-refractivity contribution < 1.29 is 4.79 Å². The zero-order chi connectivity index (χ0) is 17.5. The summed E-state index contributed by atoms with van der Waals surface area (Å²) in [7, 11) is 0. The SMILES string of the molecule is Cl.NCC(NC(=O)CC(Cc1ccccc1)Cc1ccccc1)C1CC1. The first-order valence-electron chi connectivity index (χ1n) is 9.32. The van der Waals surface area contributed by atoms with Crippen LogP contribution in [0.4, 0.5) is 0 Å². The molecule has 1 aliphatic rings. The topological polar surface area (TPSA) is 55.1 Å². The minimum Gasteiger partial charge on any atom is -0.352 e. The molecule has 0 bridgehead atoms. The molecule has 4 heteroatoms. The predicted octanol–water partition coefficient (Wildman–Crippen LogP) is 3.75. The number of amides is 1. The zero-order valence-corrected chi connectivity index (χ0v) is 16.0. The molecule has 3 nitrogen and oxygen atoms in total. The highest BCUT2D eigenvalue weighted by molar-refractivity contribution is 5.85. The van der Waals surface area contributed by atoms with E-state index >= 15 is 0 Å². The Kier molecular flexibility index (Phi) is 8.14. The lowest BCUT2D eigenvalue weighted by atomic mass is 9.89. The normalized spacial score (nSPS) is 14.5. The summed E-state index contributed by atoms with van der Waals surface area (Å²) in [5.41, 5.74) is 8.40. The number of hydrogen-bond donors (Lipinski definition) is 2. The van der Waals surface area contributed by atoms with Crippen molar-refractivity contribution in [3.63, 3.8) is 0 Å². The van der Waals surface area contributed by atoms with Crippen molar-refractivity contribution in [3.8, 4) is 0 Å². The van der Waals surface area contributed by atoms with Crippen molar-refractivity contribution in [2.45, 2.75) is 38.1 Å². The van der Waals surface area contributed by atoms with E-state index in [1.807, 2.05) is 12.1 Å². The fraction of sp³-hybridized carbons (Fsp3) is 0.409. The van der Waals surface area contributed by atoms with Crippen LogP contribution in [0, 0.1) is 11.8 Å². The fourth-order valence-electron chi connectivity index (χ4n) is 3.51. The molecule has 1 amide bonds. The van der Waals surface area contributed by atoms with Gasteiger partial charge in [0.15, 0.2) is 0 Å². The smallest absolute Gasteiger partial charge is 0.220 e. The van der Waals surface area contributed by atoms with Crippen LogP contribution < -0.4 is 11.1 Å². The quantitative estimate of drug-likeness (QED) is 0.704. The van der Waals surface area contributed by atoms with Gasteiger partial charge in [-0.3, -0.25) is 4.79 Å². The first-order valence-corrected chi connectivity index (χ1v) is 9.32. The van der Waals surface area contributed by atoms with Crippen LogP contribution in [0.15, 0.2) is 60.7 Å². The van der Waals surface area contributed by atoms with Crippen LogP contribution in [0.2, 0.25) is 0 Å². The van der Waals surface area contributed by atoms with Gasteiger partial charge in [0.05, 0.1) is 0 Å². The summed E-state index contributed by atoms with van der Waals surface area (Å²) in [5.74, 6) is 1.03. The second-order valence-electron chi connectivity index (χ2n) is 7.20. The Hall–Kier alpha value is -1.84. The van der Waals surface area contributed by atoms with E-state index in [1.54, 1.807) is 0 Å². The maximum Gasteiger partial charge on any atom is 0.220 e.